The lowest BCUT2D eigenvalue weighted by molar-refractivity contribution is 0.197. The van der Waals surface area contributed by atoms with Gasteiger partial charge in [0.05, 0.1) is 0 Å². The summed E-state index contributed by atoms with van der Waals surface area (Å²) in [6, 6.07) is 1.45. The maximum atomic E-state index is 3.95. The molecule has 0 saturated heterocycles. The van der Waals surface area contributed by atoms with Crippen LogP contribution in [0, 0.1) is 41.4 Å². The molecular formula is C26H53N. The van der Waals surface area contributed by atoms with Gasteiger partial charge in [-0.3, -0.25) is 0 Å². The Balaban J connectivity index is 2.39. The number of hydrogen-bond donors (Lipinski definition) is 1. The van der Waals surface area contributed by atoms with E-state index in [1.165, 1.54) is 51.4 Å². The molecule has 1 N–H and O–H groups in total. The minimum absolute atomic E-state index is 0.668. The molecule has 1 aliphatic carbocycles. The zero-order valence-corrected chi connectivity index (χ0v) is 20.4. The highest BCUT2D eigenvalue weighted by Gasteiger charge is 2.24. The highest BCUT2D eigenvalue weighted by Crippen LogP contribution is 2.33. The van der Waals surface area contributed by atoms with E-state index in [1.807, 2.05) is 0 Å². The van der Waals surface area contributed by atoms with E-state index in [2.05, 4.69) is 67.6 Å². The van der Waals surface area contributed by atoms with Gasteiger partial charge in [0.15, 0.2) is 0 Å². The quantitative estimate of drug-likeness (QED) is 0.363. The predicted octanol–water partition coefficient (Wildman–Crippen LogP) is 7.94. The fourth-order valence-electron chi connectivity index (χ4n) is 5.19. The van der Waals surface area contributed by atoms with Gasteiger partial charge >= 0.3 is 0 Å². The summed E-state index contributed by atoms with van der Waals surface area (Å²) in [4.78, 5) is 0. The van der Waals surface area contributed by atoms with Gasteiger partial charge in [-0.15, -0.1) is 0 Å². The molecule has 0 radical (unpaired) electrons. The normalized spacial score (nSPS) is 26.8. The third-order valence-corrected chi connectivity index (χ3v) is 7.79. The van der Waals surface area contributed by atoms with Gasteiger partial charge < -0.3 is 5.32 Å². The van der Waals surface area contributed by atoms with Crippen LogP contribution < -0.4 is 5.32 Å². The van der Waals surface area contributed by atoms with Gasteiger partial charge in [-0.05, 0) is 93.3 Å². The summed E-state index contributed by atoms with van der Waals surface area (Å²) in [5.74, 6) is 6.00. The molecular weight excluding hydrogens is 326 g/mol. The average molecular weight is 380 g/mol. The lowest BCUT2D eigenvalue weighted by Crippen LogP contribution is -2.40. The van der Waals surface area contributed by atoms with Crippen LogP contribution in [0.5, 0.6) is 0 Å². The van der Waals surface area contributed by atoms with E-state index in [0.717, 1.165) is 47.5 Å². The van der Waals surface area contributed by atoms with E-state index in [9.17, 15) is 0 Å². The molecule has 5 atom stereocenters. The summed E-state index contributed by atoms with van der Waals surface area (Å²) < 4.78 is 0. The van der Waals surface area contributed by atoms with E-state index in [0.29, 0.717) is 6.04 Å². The van der Waals surface area contributed by atoms with Crippen LogP contribution in [0.25, 0.3) is 0 Å². The molecule has 0 aliphatic heterocycles. The number of hydrogen-bond acceptors (Lipinski definition) is 1. The largest absolute Gasteiger partial charge is 0.311 e. The molecule has 0 bridgehead atoms. The van der Waals surface area contributed by atoms with Crippen LogP contribution in [0.1, 0.15) is 114 Å². The van der Waals surface area contributed by atoms with Crippen molar-refractivity contribution >= 4 is 0 Å². The zero-order valence-electron chi connectivity index (χ0n) is 20.4. The molecule has 1 aliphatic rings. The predicted molar refractivity (Wildman–Crippen MR) is 123 cm³/mol. The molecule has 1 nitrogen and oxygen atoms in total. The molecule has 0 amide bonds. The molecule has 1 heteroatoms. The fraction of sp³-hybridized carbons (Fsp3) is 1.00. The SMILES string of the molecule is CC(C)CC(CCC(C)C(C)CC(C)NC1CCC(C)CC1)C(C)C(C)C. The van der Waals surface area contributed by atoms with Gasteiger partial charge in [-0.2, -0.15) is 0 Å². The van der Waals surface area contributed by atoms with Crippen molar-refractivity contribution in [2.75, 3.05) is 0 Å². The van der Waals surface area contributed by atoms with E-state index < -0.39 is 0 Å². The summed E-state index contributed by atoms with van der Waals surface area (Å²) in [6.45, 7) is 21.9. The summed E-state index contributed by atoms with van der Waals surface area (Å²) in [5.41, 5.74) is 0. The Hall–Kier alpha value is -0.0400. The molecule has 1 saturated carbocycles. The molecule has 27 heavy (non-hydrogen) atoms. The smallest absolute Gasteiger partial charge is 0.00697 e. The minimum atomic E-state index is 0.668. The van der Waals surface area contributed by atoms with Gasteiger partial charge in [0.25, 0.3) is 0 Å². The van der Waals surface area contributed by atoms with Crippen molar-refractivity contribution in [3.8, 4) is 0 Å². The van der Waals surface area contributed by atoms with Crippen molar-refractivity contribution in [2.24, 2.45) is 41.4 Å². The molecule has 0 aromatic carbocycles. The second-order valence-corrected chi connectivity index (χ2v) is 11.3. The Morgan fingerprint density at radius 3 is 1.85 bits per heavy atom. The Morgan fingerprint density at radius 1 is 0.741 bits per heavy atom. The highest BCUT2D eigenvalue weighted by atomic mass is 14.9. The monoisotopic (exact) mass is 379 g/mol. The van der Waals surface area contributed by atoms with Gasteiger partial charge in [0.1, 0.15) is 0 Å². The van der Waals surface area contributed by atoms with Crippen molar-refractivity contribution in [3.63, 3.8) is 0 Å². The Labute approximate surface area is 172 Å². The zero-order chi connectivity index (χ0) is 20.6. The van der Waals surface area contributed by atoms with Gasteiger partial charge in [-0.25, -0.2) is 0 Å². The lowest BCUT2D eigenvalue weighted by Gasteiger charge is -2.33. The van der Waals surface area contributed by atoms with Crippen LogP contribution in [-0.2, 0) is 0 Å². The molecule has 0 aromatic heterocycles. The highest BCUT2D eigenvalue weighted by molar-refractivity contribution is 4.80. The standard InChI is InChI=1S/C26H53N/c1-18(2)16-25(24(9)19(3)4)13-12-21(6)22(7)17-23(8)27-26-14-10-20(5)11-15-26/h18-27H,10-17H2,1-9H3. The number of nitrogens with one attached hydrogen (secondary N) is 1. The number of rotatable bonds is 12. The van der Waals surface area contributed by atoms with Crippen LogP contribution in [0.2, 0.25) is 0 Å². The van der Waals surface area contributed by atoms with Gasteiger partial charge in [-0.1, -0.05) is 61.8 Å². The second-order valence-electron chi connectivity index (χ2n) is 11.3. The minimum Gasteiger partial charge on any atom is -0.311 e. The first-order chi connectivity index (χ1) is 12.6. The molecule has 162 valence electrons. The summed E-state index contributed by atoms with van der Waals surface area (Å²) in [7, 11) is 0. The first kappa shape index (κ1) is 25.0. The Bertz CT molecular complexity index is 366. The van der Waals surface area contributed by atoms with Crippen LogP contribution in [0.4, 0.5) is 0 Å². The Kier molecular flexibility index (Phi) is 11.6. The maximum absolute atomic E-state index is 3.95. The average Bonchev–Trinajstić information content (AvgIpc) is 2.59. The van der Waals surface area contributed by atoms with Crippen LogP contribution in [0.15, 0.2) is 0 Å². The van der Waals surface area contributed by atoms with Crippen LogP contribution in [0.3, 0.4) is 0 Å². The summed E-state index contributed by atoms with van der Waals surface area (Å²) in [6.07, 6.45) is 11.2. The first-order valence-corrected chi connectivity index (χ1v) is 12.4. The van der Waals surface area contributed by atoms with E-state index in [-0.39, 0.29) is 0 Å². The molecule has 5 unspecified atom stereocenters. The van der Waals surface area contributed by atoms with E-state index in [4.69, 9.17) is 0 Å². The van der Waals surface area contributed by atoms with Crippen molar-refractivity contribution in [1.29, 1.82) is 0 Å². The van der Waals surface area contributed by atoms with Crippen LogP contribution >= 0.6 is 0 Å². The fourth-order valence-corrected chi connectivity index (χ4v) is 5.19. The third kappa shape index (κ3) is 9.82. The topological polar surface area (TPSA) is 12.0 Å². The lowest BCUT2D eigenvalue weighted by atomic mass is 9.75. The summed E-state index contributed by atoms with van der Waals surface area (Å²) >= 11 is 0. The van der Waals surface area contributed by atoms with E-state index in [1.54, 1.807) is 0 Å². The molecule has 0 spiro atoms. The van der Waals surface area contributed by atoms with Crippen molar-refractivity contribution in [3.05, 3.63) is 0 Å². The van der Waals surface area contributed by atoms with E-state index >= 15 is 0 Å². The molecule has 0 heterocycles. The first-order valence-electron chi connectivity index (χ1n) is 12.4. The van der Waals surface area contributed by atoms with Crippen molar-refractivity contribution < 1.29 is 0 Å². The molecule has 0 aromatic rings. The second kappa shape index (κ2) is 12.5. The van der Waals surface area contributed by atoms with Crippen molar-refractivity contribution in [1.82, 2.24) is 5.32 Å². The summed E-state index contributed by atoms with van der Waals surface area (Å²) in [5, 5.41) is 3.95. The maximum Gasteiger partial charge on any atom is 0.00697 e. The molecule has 1 fully saturated rings. The third-order valence-electron chi connectivity index (χ3n) is 7.79. The van der Waals surface area contributed by atoms with Gasteiger partial charge in [0, 0.05) is 12.1 Å². The Morgan fingerprint density at radius 2 is 1.33 bits per heavy atom. The van der Waals surface area contributed by atoms with Crippen molar-refractivity contribution in [2.45, 2.75) is 126 Å². The van der Waals surface area contributed by atoms with Crippen LogP contribution in [-0.4, -0.2) is 12.1 Å². The molecule has 1 rings (SSSR count). The van der Waals surface area contributed by atoms with Gasteiger partial charge in [0.2, 0.25) is 0 Å².